The van der Waals surface area contributed by atoms with E-state index in [1.165, 1.54) is 18.3 Å². The summed E-state index contributed by atoms with van der Waals surface area (Å²) in [6.45, 7) is 0. The van der Waals surface area contributed by atoms with Gasteiger partial charge in [-0.2, -0.15) is 4.39 Å². The smallest absolute Gasteiger partial charge is 0.244 e. The Kier molecular flexibility index (Phi) is 4.63. The SMILES string of the molecule is O=S(=O)(/C(F)=C\CCc1ccccc1)c1ccccn1. The summed E-state index contributed by atoms with van der Waals surface area (Å²) in [7, 11) is -4.11. The minimum absolute atomic E-state index is 0.270. The fourth-order valence-electron chi connectivity index (χ4n) is 1.71. The van der Waals surface area contributed by atoms with E-state index >= 15 is 0 Å². The fourth-order valence-corrected chi connectivity index (χ4v) is 2.71. The van der Waals surface area contributed by atoms with E-state index in [2.05, 4.69) is 4.98 Å². The molecule has 0 aliphatic rings. The predicted octanol–water partition coefficient (Wildman–Crippen LogP) is 3.30. The molecule has 5 heteroatoms. The van der Waals surface area contributed by atoms with E-state index in [4.69, 9.17) is 0 Å². The lowest BCUT2D eigenvalue weighted by molar-refractivity contribution is 0.572. The van der Waals surface area contributed by atoms with Gasteiger partial charge in [0.1, 0.15) is 0 Å². The second-order valence-electron chi connectivity index (χ2n) is 4.20. The molecule has 1 heterocycles. The van der Waals surface area contributed by atoms with E-state index in [9.17, 15) is 12.8 Å². The third kappa shape index (κ3) is 3.51. The number of aromatic nitrogens is 1. The number of aryl methyl sites for hydroxylation is 1. The number of hydrogen-bond donors (Lipinski definition) is 0. The molecule has 2 aromatic rings. The average molecular weight is 291 g/mol. The first kappa shape index (κ1) is 14.4. The third-order valence-electron chi connectivity index (χ3n) is 2.75. The second kappa shape index (κ2) is 6.43. The van der Waals surface area contributed by atoms with Crippen molar-refractivity contribution < 1.29 is 12.8 Å². The van der Waals surface area contributed by atoms with Gasteiger partial charge in [0.05, 0.1) is 0 Å². The Labute approximate surface area is 117 Å². The van der Waals surface area contributed by atoms with Crippen LogP contribution in [0.15, 0.2) is 71.0 Å². The molecule has 0 saturated carbocycles. The van der Waals surface area contributed by atoms with Gasteiger partial charge in [-0.1, -0.05) is 36.4 Å². The molecule has 0 fully saturated rings. The van der Waals surface area contributed by atoms with Gasteiger partial charge in [-0.25, -0.2) is 13.4 Å². The van der Waals surface area contributed by atoms with Gasteiger partial charge in [0, 0.05) is 6.20 Å². The largest absolute Gasteiger partial charge is 0.250 e. The lowest BCUT2D eigenvalue weighted by Crippen LogP contribution is -2.03. The van der Waals surface area contributed by atoms with Crippen LogP contribution in [-0.4, -0.2) is 13.4 Å². The summed E-state index contributed by atoms with van der Waals surface area (Å²) in [6.07, 6.45) is 3.33. The first-order valence-corrected chi connectivity index (χ1v) is 7.65. The molecule has 20 heavy (non-hydrogen) atoms. The maximum Gasteiger partial charge on any atom is 0.250 e. The molecule has 0 spiro atoms. The fraction of sp³-hybridized carbons (Fsp3) is 0.133. The molecule has 2 rings (SSSR count). The lowest BCUT2D eigenvalue weighted by Gasteiger charge is -2.01. The number of halogens is 1. The first-order valence-electron chi connectivity index (χ1n) is 6.16. The molecule has 0 unspecified atom stereocenters. The first-order chi connectivity index (χ1) is 9.60. The van der Waals surface area contributed by atoms with Gasteiger partial charge in [0.25, 0.3) is 0 Å². The molecule has 0 N–H and O–H groups in total. The highest BCUT2D eigenvalue weighted by atomic mass is 32.2. The molecule has 0 aliphatic heterocycles. The molecule has 3 nitrogen and oxygen atoms in total. The zero-order valence-electron chi connectivity index (χ0n) is 10.7. The van der Waals surface area contributed by atoms with Gasteiger partial charge in [-0.15, -0.1) is 0 Å². The van der Waals surface area contributed by atoms with Crippen molar-refractivity contribution in [2.75, 3.05) is 0 Å². The van der Waals surface area contributed by atoms with Crippen molar-refractivity contribution in [2.45, 2.75) is 17.9 Å². The van der Waals surface area contributed by atoms with Crippen molar-refractivity contribution >= 4 is 9.84 Å². The molecule has 0 aliphatic carbocycles. The summed E-state index contributed by atoms with van der Waals surface area (Å²) in [6, 6.07) is 13.9. The van der Waals surface area contributed by atoms with Gasteiger partial charge in [0.2, 0.25) is 15.0 Å². The van der Waals surface area contributed by atoms with E-state index in [1.807, 2.05) is 30.3 Å². The summed E-state index contributed by atoms with van der Waals surface area (Å²) in [5.74, 6) is 0. The van der Waals surface area contributed by atoms with Crippen molar-refractivity contribution in [2.24, 2.45) is 0 Å². The van der Waals surface area contributed by atoms with E-state index < -0.39 is 15.0 Å². The number of hydrogen-bond acceptors (Lipinski definition) is 3. The van der Waals surface area contributed by atoms with E-state index in [0.717, 1.165) is 11.6 Å². The van der Waals surface area contributed by atoms with Crippen LogP contribution >= 0.6 is 0 Å². The summed E-state index contributed by atoms with van der Waals surface area (Å²) < 4.78 is 37.5. The van der Waals surface area contributed by atoms with Crippen LogP contribution in [0.1, 0.15) is 12.0 Å². The highest BCUT2D eigenvalue weighted by Crippen LogP contribution is 2.18. The van der Waals surface area contributed by atoms with Crippen LogP contribution in [0.25, 0.3) is 0 Å². The normalized spacial score (nSPS) is 12.3. The van der Waals surface area contributed by atoms with Gasteiger partial charge in [-0.3, -0.25) is 0 Å². The molecular formula is C15H14FNO2S. The van der Waals surface area contributed by atoms with E-state index in [0.29, 0.717) is 12.8 Å². The third-order valence-corrected chi connectivity index (χ3v) is 4.22. The molecule has 1 aromatic carbocycles. The van der Waals surface area contributed by atoms with Crippen LogP contribution in [0.5, 0.6) is 0 Å². The Hall–Kier alpha value is -2.01. The number of rotatable bonds is 5. The van der Waals surface area contributed by atoms with Gasteiger partial charge >= 0.3 is 0 Å². The Morgan fingerprint density at radius 2 is 1.80 bits per heavy atom. The second-order valence-corrected chi connectivity index (χ2v) is 6.02. The number of pyridine rings is 1. The highest BCUT2D eigenvalue weighted by Gasteiger charge is 2.21. The van der Waals surface area contributed by atoms with Crippen LogP contribution in [-0.2, 0) is 16.3 Å². The molecule has 0 saturated heterocycles. The topological polar surface area (TPSA) is 47.0 Å². The maximum atomic E-state index is 13.8. The van der Waals surface area contributed by atoms with Crippen molar-refractivity contribution in [3.8, 4) is 0 Å². The number of benzene rings is 1. The molecule has 1 aromatic heterocycles. The minimum atomic E-state index is -4.11. The summed E-state index contributed by atoms with van der Waals surface area (Å²) in [4.78, 5) is 3.67. The lowest BCUT2D eigenvalue weighted by atomic mass is 10.1. The average Bonchev–Trinajstić information content (AvgIpc) is 2.49. The standard InChI is InChI=1S/C15H14FNO2S/c16-14(10-6-9-13-7-2-1-3-8-13)20(18,19)15-11-4-5-12-17-15/h1-5,7-8,10-12H,6,9H2/b14-10-. The maximum absolute atomic E-state index is 13.8. The number of sulfone groups is 1. The van der Waals surface area contributed by atoms with E-state index in [-0.39, 0.29) is 5.03 Å². The summed E-state index contributed by atoms with van der Waals surface area (Å²) >= 11 is 0. The predicted molar refractivity (Wildman–Crippen MR) is 75.4 cm³/mol. The van der Waals surface area contributed by atoms with Crippen molar-refractivity contribution in [3.63, 3.8) is 0 Å². The molecular weight excluding hydrogens is 277 g/mol. The molecule has 0 radical (unpaired) electrons. The van der Waals surface area contributed by atoms with Crippen LogP contribution in [0.2, 0.25) is 0 Å². The van der Waals surface area contributed by atoms with Crippen LogP contribution < -0.4 is 0 Å². The summed E-state index contributed by atoms with van der Waals surface area (Å²) in [5.41, 5.74) is 1.03. The molecule has 0 atom stereocenters. The molecule has 104 valence electrons. The summed E-state index contributed by atoms with van der Waals surface area (Å²) in [5, 5.41) is -1.42. The Morgan fingerprint density at radius 3 is 2.45 bits per heavy atom. The van der Waals surface area contributed by atoms with Crippen molar-refractivity contribution in [1.29, 1.82) is 0 Å². The molecule has 0 bridgehead atoms. The highest BCUT2D eigenvalue weighted by molar-refractivity contribution is 7.95. The van der Waals surface area contributed by atoms with Crippen LogP contribution in [0.4, 0.5) is 4.39 Å². The van der Waals surface area contributed by atoms with Gasteiger partial charge in [0.15, 0.2) is 5.03 Å². The van der Waals surface area contributed by atoms with E-state index in [1.54, 1.807) is 6.07 Å². The van der Waals surface area contributed by atoms with Crippen molar-refractivity contribution in [1.82, 2.24) is 4.98 Å². The zero-order valence-corrected chi connectivity index (χ0v) is 11.6. The Balaban J connectivity index is 2.07. The van der Waals surface area contributed by atoms with Crippen LogP contribution in [0.3, 0.4) is 0 Å². The Bertz CT molecular complexity index is 682. The Morgan fingerprint density at radius 1 is 1.10 bits per heavy atom. The van der Waals surface area contributed by atoms with Crippen molar-refractivity contribution in [3.05, 3.63) is 71.5 Å². The van der Waals surface area contributed by atoms with Gasteiger partial charge in [-0.05, 0) is 36.6 Å². The van der Waals surface area contributed by atoms with Crippen LogP contribution in [0, 0.1) is 0 Å². The molecule has 0 amide bonds. The zero-order chi connectivity index (χ0) is 14.4. The minimum Gasteiger partial charge on any atom is -0.244 e. The monoisotopic (exact) mass is 291 g/mol. The van der Waals surface area contributed by atoms with Gasteiger partial charge < -0.3 is 0 Å². The number of allylic oxidation sites excluding steroid dienone is 1. The number of nitrogens with zero attached hydrogens (tertiary/aromatic N) is 1. The quantitative estimate of drug-likeness (QED) is 0.849.